The third-order valence-electron chi connectivity index (χ3n) is 6.06. The molecule has 0 aromatic heterocycles. The number of hydrogen-bond acceptors (Lipinski definition) is 4. The summed E-state index contributed by atoms with van der Waals surface area (Å²) in [5.74, 6) is -0.606. The minimum atomic E-state index is -3.39. The monoisotopic (exact) mass is 535 g/mol. The van der Waals surface area contributed by atoms with E-state index in [2.05, 4.69) is 51.9 Å². The topological polar surface area (TPSA) is 69.4 Å². The van der Waals surface area contributed by atoms with Crippen LogP contribution in [0.4, 0.5) is 5.69 Å². The predicted molar refractivity (Wildman–Crippen MR) is 142 cm³/mol. The van der Waals surface area contributed by atoms with E-state index >= 15 is 0 Å². The van der Waals surface area contributed by atoms with E-state index in [4.69, 9.17) is 4.74 Å². The van der Waals surface area contributed by atoms with Crippen molar-refractivity contribution in [2.75, 3.05) is 7.11 Å². The van der Waals surface area contributed by atoms with Crippen LogP contribution in [0.25, 0.3) is 0 Å². The third-order valence-corrected chi connectivity index (χ3v) is 15.6. The van der Waals surface area contributed by atoms with Gasteiger partial charge < -0.3 is 0 Å². The summed E-state index contributed by atoms with van der Waals surface area (Å²) in [6.07, 6.45) is 0.423. The number of rotatable bonds is 7. The molecule has 0 saturated heterocycles. The molecular weight excluding hydrogens is 513 g/mol. The van der Waals surface area contributed by atoms with Crippen LogP contribution in [0.5, 0.6) is 0 Å². The third kappa shape index (κ3) is 4.04. The minimum absolute atomic E-state index is 0.154. The van der Waals surface area contributed by atoms with E-state index in [1.807, 2.05) is 54.6 Å². The number of hydrogen-bond donors (Lipinski definition) is 0. The van der Waals surface area contributed by atoms with Crippen molar-refractivity contribution in [3.8, 4) is 0 Å². The summed E-state index contributed by atoms with van der Waals surface area (Å²) in [5.41, 5.74) is 0.703. The van der Waals surface area contributed by atoms with Gasteiger partial charge in [0.25, 0.3) is 0 Å². The van der Waals surface area contributed by atoms with Crippen LogP contribution in [0, 0.1) is 10.1 Å². The van der Waals surface area contributed by atoms with Gasteiger partial charge in [0.1, 0.15) is 0 Å². The molecule has 0 spiro atoms. The number of benzene rings is 4. The second-order valence-corrected chi connectivity index (χ2v) is 16.9. The molecule has 4 aromatic rings. The van der Waals surface area contributed by atoms with Gasteiger partial charge in [-0.1, -0.05) is 0 Å². The van der Waals surface area contributed by atoms with Gasteiger partial charge in [0.2, 0.25) is 0 Å². The first-order valence-corrected chi connectivity index (χ1v) is 15.1. The Morgan fingerprint density at radius 1 is 0.824 bits per heavy atom. The number of ether oxygens (including phenoxy) is 1. The molecule has 0 atom stereocenters. The normalized spacial score (nSPS) is 12.4. The molecule has 0 N–H and O–H groups in total. The Hall–Kier alpha value is -3.34. The molecule has 0 aliphatic carbocycles. The van der Waals surface area contributed by atoms with Crippen LogP contribution >= 0.6 is 20.8 Å². The van der Waals surface area contributed by atoms with Gasteiger partial charge in [-0.25, -0.2) is 0 Å². The van der Waals surface area contributed by atoms with Crippen LogP contribution in [0.3, 0.4) is 0 Å². The fraction of sp³-hybridized carbons (Fsp3) is 0.0741. The van der Waals surface area contributed by atoms with Crippen molar-refractivity contribution < 1.29 is 14.5 Å². The molecule has 7 heteroatoms. The van der Waals surface area contributed by atoms with Crippen LogP contribution < -0.4 is 15.9 Å². The molecule has 34 heavy (non-hydrogen) atoms. The molecule has 0 amide bonds. The summed E-state index contributed by atoms with van der Waals surface area (Å²) in [6.45, 7) is 0. The zero-order valence-corrected chi connectivity index (χ0v) is 21.0. The van der Waals surface area contributed by atoms with Crippen molar-refractivity contribution in [3.63, 3.8) is 0 Å². The quantitative estimate of drug-likeness (QED) is 0.131. The van der Waals surface area contributed by atoms with Crippen LogP contribution in [-0.4, -0.2) is 18.0 Å². The number of carbonyl (C=O) groups is 1. The molecule has 0 saturated carbocycles. The Labute approximate surface area is 206 Å². The average molecular weight is 536 g/mol. The van der Waals surface area contributed by atoms with E-state index in [-0.39, 0.29) is 11.3 Å². The summed E-state index contributed by atoms with van der Waals surface area (Å²) in [5, 5.41) is 11.3. The van der Waals surface area contributed by atoms with Gasteiger partial charge in [0.05, 0.1) is 0 Å². The number of nitro groups is 1. The van der Waals surface area contributed by atoms with Crippen LogP contribution in [-0.2, 0) is 10.9 Å². The van der Waals surface area contributed by atoms with Crippen LogP contribution in [0.1, 0.15) is 15.9 Å². The second kappa shape index (κ2) is 9.49. The number of methoxy groups -OCH3 is 1. The standard InChI is InChI=1S/C27H23BrNO4P/c1-33-27(30)26-19-22(29(31)32)18-17-21(26)20-34(28,23-11-5-2-6-12-23,24-13-7-3-8-14-24)25-15-9-4-10-16-25/h2-19H,20H2,1H3. The summed E-state index contributed by atoms with van der Waals surface area (Å²) in [4.78, 5) is 23.7. The summed E-state index contributed by atoms with van der Waals surface area (Å²) < 4.78 is 5.01. The fourth-order valence-corrected chi connectivity index (χ4v) is 12.1. The van der Waals surface area contributed by atoms with E-state index < -0.39 is 16.2 Å². The molecule has 0 unspecified atom stereocenters. The molecule has 5 nitrogen and oxygen atoms in total. The van der Waals surface area contributed by atoms with Gasteiger partial charge in [-0.2, -0.15) is 0 Å². The van der Waals surface area contributed by atoms with Gasteiger partial charge in [0, 0.05) is 0 Å². The molecular formula is C27H23BrNO4P. The predicted octanol–water partition coefficient (Wildman–Crippen LogP) is 5.72. The van der Waals surface area contributed by atoms with Gasteiger partial charge in [-0.05, 0) is 0 Å². The molecule has 0 heterocycles. The van der Waals surface area contributed by atoms with Crippen molar-refractivity contribution in [2.24, 2.45) is 0 Å². The summed E-state index contributed by atoms with van der Waals surface area (Å²) >= 11 is 4.35. The SMILES string of the molecule is COC(=O)c1cc([N+](=O)[O-])ccc1CP(Br)(c1ccccc1)(c1ccccc1)c1ccccc1. The Bertz CT molecular complexity index is 1230. The first-order valence-electron chi connectivity index (χ1n) is 10.6. The van der Waals surface area contributed by atoms with E-state index in [9.17, 15) is 14.9 Å². The summed E-state index contributed by atoms with van der Waals surface area (Å²) in [6, 6.07) is 34.9. The van der Waals surface area contributed by atoms with E-state index in [0.29, 0.717) is 11.7 Å². The number of nitro benzene ring substituents is 1. The van der Waals surface area contributed by atoms with Gasteiger partial charge in [0.15, 0.2) is 0 Å². The van der Waals surface area contributed by atoms with Gasteiger partial charge in [-0.3, -0.25) is 0 Å². The fourth-order valence-electron chi connectivity index (χ4n) is 4.37. The van der Waals surface area contributed by atoms with E-state index in [1.54, 1.807) is 6.07 Å². The Morgan fingerprint density at radius 3 is 1.65 bits per heavy atom. The van der Waals surface area contributed by atoms with E-state index in [0.717, 1.165) is 15.9 Å². The number of esters is 1. The van der Waals surface area contributed by atoms with Crippen LogP contribution in [0.2, 0.25) is 0 Å². The van der Waals surface area contributed by atoms with Gasteiger partial charge >= 0.3 is 207 Å². The Balaban J connectivity index is 2.09. The maximum atomic E-state index is 12.8. The molecule has 0 radical (unpaired) electrons. The maximum absolute atomic E-state index is 12.8. The number of nitrogens with zero attached hydrogens (tertiary/aromatic N) is 1. The van der Waals surface area contributed by atoms with Crippen molar-refractivity contribution in [1.29, 1.82) is 0 Å². The zero-order valence-electron chi connectivity index (χ0n) is 18.5. The number of carbonyl (C=O) groups excluding carboxylic acids is 1. The van der Waals surface area contributed by atoms with Crippen molar-refractivity contribution >= 4 is 48.4 Å². The summed E-state index contributed by atoms with van der Waals surface area (Å²) in [7, 11) is 1.28. The zero-order chi connectivity index (χ0) is 24.2. The van der Waals surface area contributed by atoms with Crippen molar-refractivity contribution in [2.45, 2.75) is 6.16 Å². The molecule has 0 fully saturated rings. The Morgan fingerprint density at radius 2 is 1.26 bits per heavy atom. The molecule has 172 valence electrons. The van der Waals surface area contributed by atoms with Crippen molar-refractivity contribution in [1.82, 2.24) is 0 Å². The second-order valence-electron chi connectivity index (χ2n) is 7.94. The Kier molecular flexibility index (Phi) is 6.65. The first-order chi connectivity index (χ1) is 16.4. The number of halogens is 1. The van der Waals surface area contributed by atoms with E-state index in [1.165, 1.54) is 19.2 Å². The van der Waals surface area contributed by atoms with Crippen LogP contribution in [0.15, 0.2) is 109 Å². The van der Waals surface area contributed by atoms with Gasteiger partial charge in [-0.15, -0.1) is 0 Å². The average Bonchev–Trinajstić information content (AvgIpc) is 2.90. The molecule has 4 aromatic carbocycles. The van der Waals surface area contributed by atoms with Crippen molar-refractivity contribution in [3.05, 3.63) is 130 Å². The molecule has 0 bridgehead atoms. The molecule has 4 rings (SSSR count). The number of non-ortho nitro benzene ring substituents is 1. The molecule has 0 aliphatic heterocycles. The first kappa shape index (κ1) is 23.8. The molecule has 0 aliphatic rings.